The third-order valence-corrected chi connectivity index (χ3v) is 3.97. The van der Waals surface area contributed by atoms with Crippen LogP contribution in [0.5, 0.6) is 5.75 Å². The molecule has 0 unspecified atom stereocenters. The fraction of sp³-hybridized carbons (Fsp3) is 0.200. The summed E-state index contributed by atoms with van der Waals surface area (Å²) in [4.78, 5) is 0. The van der Waals surface area contributed by atoms with Crippen molar-refractivity contribution in [2.24, 2.45) is 0 Å². The van der Waals surface area contributed by atoms with E-state index in [4.69, 9.17) is 4.74 Å². The summed E-state index contributed by atoms with van der Waals surface area (Å²) in [6, 6.07) is 14.3. The van der Waals surface area contributed by atoms with E-state index in [1.807, 2.05) is 24.3 Å². The van der Waals surface area contributed by atoms with Crippen molar-refractivity contribution < 1.29 is 4.74 Å². The number of rotatable bonds is 5. The van der Waals surface area contributed by atoms with Crippen molar-refractivity contribution in [3.8, 4) is 5.75 Å². The van der Waals surface area contributed by atoms with Crippen LogP contribution in [0.1, 0.15) is 5.56 Å². The van der Waals surface area contributed by atoms with Crippen molar-refractivity contribution in [3.63, 3.8) is 0 Å². The van der Waals surface area contributed by atoms with Crippen molar-refractivity contribution in [1.29, 1.82) is 0 Å². The van der Waals surface area contributed by atoms with Crippen LogP contribution in [0.3, 0.4) is 0 Å². The molecule has 0 saturated heterocycles. The first-order valence-corrected chi connectivity index (χ1v) is 7.59. The highest BCUT2D eigenvalue weighted by Gasteiger charge is 2.00. The van der Waals surface area contributed by atoms with Gasteiger partial charge in [0, 0.05) is 21.2 Å². The Kier molecular flexibility index (Phi) is 5.28. The highest BCUT2D eigenvalue weighted by molar-refractivity contribution is 9.11. The zero-order chi connectivity index (χ0) is 13.7. The number of nitrogens with one attached hydrogen (secondary N) is 1. The predicted octanol–water partition coefficient (Wildman–Crippen LogP) is 4.87. The molecule has 0 bridgehead atoms. The lowest BCUT2D eigenvalue weighted by atomic mass is 10.1. The first-order chi connectivity index (χ1) is 9.19. The molecule has 0 fully saturated rings. The van der Waals surface area contributed by atoms with Gasteiger partial charge in [-0.3, -0.25) is 0 Å². The Labute approximate surface area is 130 Å². The molecule has 2 aromatic carbocycles. The number of hydrogen-bond acceptors (Lipinski definition) is 2. The molecule has 0 aliphatic heterocycles. The van der Waals surface area contributed by atoms with Gasteiger partial charge >= 0.3 is 0 Å². The van der Waals surface area contributed by atoms with Crippen LogP contribution in [0.25, 0.3) is 0 Å². The molecule has 0 atom stereocenters. The lowest BCUT2D eigenvalue weighted by Crippen LogP contribution is -2.05. The van der Waals surface area contributed by atoms with E-state index in [9.17, 15) is 0 Å². The quantitative estimate of drug-likeness (QED) is 0.793. The highest BCUT2D eigenvalue weighted by atomic mass is 79.9. The minimum Gasteiger partial charge on any atom is -0.497 e. The number of halogens is 2. The lowest BCUT2D eigenvalue weighted by molar-refractivity contribution is 0.414. The summed E-state index contributed by atoms with van der Waals surface area (Å²) in [6.45, 7) is 0.895. The van der Waals surface area contributed by atoms with E-state index in [0.29, 0.717) is 0 Å². The number of benzene rings is 2. The van der Waals surface area contributed by atoms with Crippen LogP contribution in [0, 0.1) is 0 Å². The van der Waals surface area contributed by atoms with E-state index in [2.05, 4.69) is 55.4 Å². The summed E-state index contributed by atoms with van der Waals surface area (Å²) < 4.78 is 7.28. The molecule has 0 aromatic heterocycles. The third kappa shape index (κ3) is 4.25. The molecule has 0 radical (unpaired) electrons. The Bertz CT molecular complexity index is 540. The van der Waals surface area contributed by atoms with Crippen LogP contribution in [0.4, 0.5) is 5.69 Å². The molecule has 4 heteroatoms. The van der Waals surface area contributed by atoms with Crippen molar-refractivity contribution in [2.75, 3.05) is 19.0 Å². The SMILES string of the molecule is COc1ccc(CCNc2ccc(Br)cc2Br)cc1. The minimum absolute atomic E-state index is 0.895. The first kappa shape index (κ1) is 14.4. The summed E-state index contributed by atoms with van der Waals surface area (Å²) in [6.07, 6.45) is 0.979. The second-order valence-electron chi connectivity index (χ2n) is 4.15. The zero-order valence-electron chi connectivity index (χ0n) is 10.6. The summed E-state index contributed by atoms with van der Waals surface area (Å²) >= 11 is 6.99. The van der Waals surface area contributed by atoms with E-state index in [0.717, 1.165) is 33.3 Å². The highest BCUT2D eigenvalue weighted by Crippen LogP contribution is 2.26. The number of methoxy groups -OCH3 is 1. The van der Waals surface area contributed by atoms with Crippen LogP contribution < -0.4 is 10.1 Å². The molecule has 0 heterocycles. The molecule has 2 aromatic rings. The number of ether oxygens (including phenoxy) is 1. The smallest absolute Gasteiger partial charge is 0.118 e. The Morgan fingerprint density at radius 1 is 1.05 bits per heavy atom. The Morgan fingerprint density at radius 2 is 1.79 bits per heavy atom. The predicted molar refractivity (Wildman–Crippen MR) is 87.0 cm³/mol. The van der Waals surface area contributed by atoms with E-state index in [-0.39, 0.29) is 0 Å². The summed E-state index contributed by atoms with van der Waals surface area (Å²) in [5.74, 6) is 0.896. The minimum atomic E-state index is 0.895. The summed E-state index contributed by atoms with van der Waals surface area (Å²) in [5.41, 5.74) is 2.40. The van der Waals surface area contributed by atoms with Gasteiger partial charge in [-0.25, -0.2) is 0 Å². The maximum Gasteiger partial charge on any atom is 0.118 e. The van der Waals surface area contributed by atoms with Crippen molar-refractivity contribution in [1.82, 2.24) is 0 Å². The van der Waals surface area contributed by atoms with Gasteiger partial charge in [-0.05, 0) is 58.2 Å². The summed E-state index contributed by atoms with van der Waals surface area (Å²) in [7, 11) is 1.68. The standard InChI is InChI=1S/C15H15Br2NO/c1-19-13-5-2-11(3-6-13)8-9-18-15-7-4-12(16)10-14(15)17/h2-7,10,18H,8-9H2,1H3. The maximum atomic E-state index is 5.14. The lowest BCUT2D eigenvalue weighted by Gasteiger charge is -2.09. The molecule has 100 valence electrons. The molecule has 2 rings (SSSR count). The van der Waals surface area contributed by atoms with Gasteiger partial charge < -0.3 is 10.1 Å². The molecule has 0 saturated carbocycles. The Balaban J connectivity index is 1.88. The molecule has 1 N–H and O–H groups in total. The second kappa shape index (κ2) is 6.96. The molecule has 0 aliphatic rings. The normalized spacial score (nSPS) is 10.3. The van der Waals surface area contributed by atoms with Crippen LogP contribution in [0.15, 0.2) is 51.4 Å². The van der Waals surface area contributed by atoms with Gasteiger partial charge in [0.05, 0.1) is 7.11 Å². The van der Waals surface area contributed by atoms with Gasteiger partial charge in [-0.1, -0.05) is 28.1 Å². The molecule has 0 aliphatic carbocycles. The molecule has 2 nitrogen and oxygen atoms in total. The van der Waals surface area contributed by atoms with E-state index in [1.54, 1.807) is 7.11 Å². The molecular weight excluding hydrogens is 370 g/mol. The second-order valence-corrected chi connectivity index (χ2v) is 5.92. The van der Waals surface area contributed by atoms with Gasteiger partial charge in [0.1, 0.15) is 5.75 Å². The number of hydrogen-bond donors (Lipinski definition) is 1. The Hall–Kier alpha value is -1.000. The van der Waals surface area contributed by atoms with E-state index in [1.165, 1.54) is 5.56 Å². The average Bonchev–Trinajstić information content (AvgIpc) is 2.42. The van der Waals surface area contributed by atoms with E-state index < -0.39 is 0 Å². The fourth-order valence-electron chi connectivity index (χ4n) is 1.77. The average molecular weight is 385 g/mol. The zero-order valence-corrected chi connectivity index (χ0v) is 13.8. The van der Waals surface area contributed by atoms with Crippen LogP contribution >= 0.6 is 31.9 Å². The van der Waals surface area contributed by atoms with Gasteiger partial charge in [0.15, 0.2) is 0 Å². The molecule has 0 spiro atoms. The summed E-state index contributed by atoms with van der Waals surface area (Å²) in [5, 5.41) is 3.42. The van der Waals surface area contributed by atoms with Gasteiger partial charge in [0.2, 0.25) is 0 Å². The first-order valence-electron chi connectivity index (χ1n) is 6.01. The van der Waals surface area contributed by atoms with Crippen molar-refractivity contribution >= 4 is 37.5 Å². The maximum absolute atomic E-state index is 5.14. The van der Waals surface area contributed by atoms with Crippen molar-refractivity contribution in [3.05, 3.63) is 57.0 Å². The third-order valence-electron chi connectivity index (χ3n) is 2.82. The number of anilines is 1. The van der Waals surface area contributed by atoms with Crippen LogP contribution in [-0.2, 0) is 6.42 Å². The molecular formula is C15H15Br2NO. The Morgan fingerprint density at radius 3 is 2.42 bits per heavy atom. The van der Waals surface area contributed by atoms with E-state index >= 15 is 0 Å². The van der Waals surface area contributed by atoms with Crippen LogP contribution in [0.2, 0.25) is 0 Å². The van der Waals surface area contributed by atoms with Crippen LogP contribution in [-0.4, -0.2) is 13.7 Å². The van der Waals surface area contributed by atoms with Gasteiger partial charge in [0.25, 0.3) is 0 Å². The van der Waals surface area contributed by atoms with Gasteiger partial charge in [-0.15, -0.1) is 0 Å². The van der Waals surface area contributed by atoms with Crippen molar-refractivity contribution in [2.45, 2.75) is 6.42 Å². The molecule has 19 heavy (non-hydrogen) atoms. The topological polar surface area (TPSA) is 21.3 Å². The monoisotopic (exact) mass is 383 g/mol. The molecule has 0 amide bonds. The largest absolute Gasteiger partial charge is 0.497 e. The van der Waals surface area contributed by atoms with Gasteiger partial charge in [-0.2, -0.15) is 0 Å². The fourth-order valence-corrected chi connectivity index (χ4v) is 2.95.